The van der Waals surface area contributed by atoms with Gasteiger partial charge in [-0.3, -0.25) is 29.8 Å². The molecule has 0 radical (unpaired) electrons. The number of likely N-dealkylation sites (tertiary alicyclic amines) is 1. The first kappa shape index (κ1) is 23.4. The number of amides is 3. The molecule has 2 saturated heterocycles. The van der Waals surface area contributed by atoms with Gasteiger partial charge in [-0.05, 0) is 46.1 Å². The van der Waals surface area contributed by atoms with Gasteiger partial charge in [0.2, 0.25) is 11.8 Å². The monoisotopic (exact) mass is 413 g/mol. The minimum absolute atomic E-state index is 0.172. The molecule has 11 nitrogen and oxygen atoms in total. The second kappa shape index (κ2) is 9.26. The fraction of sp³-hybridized carbons (Fsp3) is 0.778. The molecule has 7 N–H and O–H groups in total. The first-order valence-electron chi connectivity index (χ1n) is 9.85. The van der Waals surface area contributed by atoms with Gasteiger partial charge in [-0.25, -0.2) is 0 Å². The lowest BCUT2D eigenvalue weighted by atomic mass is 10.00. The lowest BCUT2D eigenvalue weighted by Gasteiger charge is -2.41. The molecular formula is C18H31N5O6. The van der Waals surface area contributed by atoms with Crippen LogP contribution in [0.25, 0.3) is 0 Å². The maximum Gasteiger partial charge on any atom is 0.254 e. The Kier molecular flexibility index (Phi) is 7.46. The van der Waals surface area contributed by atoms with Gasteiger partial charge in [0.1, 0.15) is 12.1 Å². The van der Waals surface area contributed by atoms with Crippen LogP contribution >= 0.6 is 0 Å². The fourth-order valence-corrected chi connectivity index (χ4v) is 3.71. The summed E-state index contributed by atoms with van der Waals surface area (Å²) >= 11 is 0. The third kappa shape index (κ3) is 4.48. The van der Waals surface area contributed by atoms with Crippen LogP contribution < -0.4 is 16.8 Å². The van der Waals surface area contributed by atoms with Gasteiger partial charge in [-0.1, -0.05) is 0 Å². The smallest absolute Gasteiger partial charge is 0.254 e. The molecule has 164 valence electrons. The van der Waals surface area contributed by atoms with E-state index >= 15 is 0 Å². The van der Waals surface area contributed by atoms with Gasteiger partial charge in [0.05, 0.1) is 18.2 Å². The van der Waals surface area contributed by atoms with Crippen molar-refractivity contribution in [1.82, 2.24) is 15.1 Å². The molecule has 0 unspecified atom stereocenters. The Morgan fingerprint density at radius 2 is 1.86 bits per heavy atom. The van der Waals surface area contributed by atoms with E-state index in [1.807, 2.05) is 0 Å². The largest absolute Gasteiger partial charge is 0.391 e. The van der Waals surface area contributed by atoms with E-state index in [0.717, 1.165) is 0 Å². The third-order valence-electron chi connectivity index (χ3n) is 5.67. The van der Waals surface area contributed by atoms with Gasteiger partial charge < -0.3 is 26.2 Å². The van der Waals surface area contributed by atoms with E-state index in [4.69, 9.17) is 11.5 Å². The molecule has 2 aliphatic rings. The van der Waals surface area contributed by atoms with E-state index < -0.39 is 53.7 Å². The molecule has 0 bridgehead atoms. The molecular weight excluding hydrogens is 382 g/mol. The van der Waals surface area contributed by atoms with Gasteiger partial charge in [0.25, 0.3) is 5.91 Å². The SMILES string of the molecule is C[C@@H](O)[C@H](N)C(=O)N1CCC[C@@H]1C(=O)N(C(=O)[C@H]1CCCN1)[C@](N)(C=O)[C@@H](C)O. The van der Waals surface area contributed by atoms with Crippen LogP contribution in [0.3, 0.4) is 0 Å². The number of aldehydes is 1. The molecule has 2 fully saturated rings. The molecule has 6 atom stereocenters. The van der Waals surface area contributed by atoms with Crippen molar-refractivity contribution in [3.05, 3.63) is 0 Å². The Labute approximate surface area is 169 Å². The third-order valence-corrected chi connectivity index (χ3v) is 5.67. The number of carbonyl (C=O) groups is 4. The minimum atomic E-state index is -2.28. The van der Waals surface area contributed by atoms with Gasteiger partial charge in [-0.2, -0.15) is 0 Å². The number of rotatable bonds is 7. The second-order valence-electron chi connectivity index (χ2n) is 7.80. The highest BCUT2D eigenvalue weighted by Crippen LogP contribution is 2.25. The van der Waals surface area contributed by atoms with Crippen molar-refractivity contribution in [1.29, 1.82) is 0 Å². The van der Waals surface area contributed by atoms with E-state index in [-0.39, 0.29) is 19.3 Å². The van der Waals surface area contributed by atoms with E-state index in [1.54, 1.807) is 0 Å². The summed E-state index contributed by atoms with van der Waals surface area (Å²) in [6.07, 6.45) is -0.592. The number of aliphatic hydroxyl groups is 2. The summed E-state index contributed by atoms with van der Waals surface area (Å²) in [5, 5.41) is 22.7. The molecule has 0 aromatic rings. The number of nitrogens with zero attached hydrogens (tertiary/aromatic N) is 2. The summed E-state index contributed by atoms with van der Waals surface area (Å²) in [6, 6.07) is -3.01. The summed E-state index contributed by atoms with van der Waals surface area (Å²) in [5.41, 5.74) is 9.48. The molecule has 29 heavy (non-hydrogen) atoms. The minimum Gasteiger partial charge on any atom is -0.391 e. The van der Waals surface area contributed by atoms with Crippen LogP contribution in [0.1, 0.15) is 39.5 Å². The quantitative estimate of drug-likeness (QED) is 0.165. The predicted octanol–water partition coefficient (Wildman–Crippen LogP) is -2.97. The molecule has 0 saturated carbocycles. The molecule has 2 heterocycles. The first-order valence-corrected chi connectivity index (χ1v) is 9.85. The lowest BCUT2D eigenvalue weighted by Crippen LogP contribution is -2.71. The molecule has 0 aromatic carbocycles. The second-order valence-corrected chi connectivity index (χ2v) is 7.80. The molecule has 2 aliphatic heterocycles. The van der Waals surface area contributed by atoms with Crippen molar-refractivity contribution < 1.29 is 29.4 Å². The molecule has 2 rings (SSSR count). The average molecular weight is 413 g/mol. The van der Waals surface area contributed by atoms with Crippen molar-refractivity contribution in [3.63, 3.8) is 0 Å². The molecule has 11 heteroatoms. The summed E-state index contributed by atoms with van der Waals surface area (Å²) in [4.78, 5) is 52.7. The van der Waals surface area contributed by atoms with Gasteiger partial charge >= 0.3 is 0 Å². The summed E-state index contributed by atoms with van der Waals surface area (Å²) in [5.74, 6) is -2.20. The Hall–Kier alpha value is -1.92. The van der Waals surface area contributed by atoms with Crippen LogP contribution in [0.2, 0.25) is 0 Å². The highest BCUT2D eigenvalue weighted by molar-refractivity contribution is 6.04. The first-order chi connectivity index (χ1) is 13.6. The lowest BCUT2D eigenvalue weighted by molar-refractivity contribution is -0.165. The number of nitrogens with one attached hydrogen (secondary N) is 1. The number of carbonyl (C=O) groups excluding carboxylic acids is 4. The van der Waals surface area contributed by atoms with Crippen molar-refractivity contribution in [2.45, 2.75) is 75.5 Å². The van der Waals surface area contributed by atoms with Crippen LogP contribution in [0.15, 0.2) is 0 Å². The fourth-order valence-electron chi connectivity index (χ4n) is 3.71. The highest BCUT2D eigenvalue weighted by atomic mass is 16.3. The topological polar surface area (TPSA) is 179 Å². The molecule has 3 amide bonds. The number of nitrogens with two attached hydrogens (primary N) is 2. The van der Waals surface area contributed by atoms with Crippen LogP contribution in [0.5, 0.6) is 0 Å². The Morgan fingerprint density at radius 3 is 2.34 bits per heavy atom. The van der Waals surface area contributed by atoms with Gasteiger partial charge in [0.15, 0.2) is 11.9 Å². The molecule has 0 aliphatic carbocycles. The maximum atomic E-state index is 13.4. The zero-order valence-corrected chi connectivity index (χ0v) is 16.8. The van der Waals surface area contributed by atoms with Crippen molar-refractivity contribution in [2.75, 3.05) is 13.1 Å². The Balaban J connectivity index is 2.39. The van der Waals surface area contributed by atoms with Crippen LogP contribution in [0, 0.1) is 0 Å². The van der Waals surface area contributed by atoms with Crippen molar-refractivity contribution >= 4 is 24.0 Å². The number of imide groups is 1. The van der Waals surface area contributed by atoms with E-state index in [1.165, 1.54) is 18.7 Å². The van der Waals surface area contributed by atoms with Crippen LogP contribution in [0.4, 0.5) is 0 Å². The Bertz CT molecular complexity index is 651. The van der Waals surface area contributed by atoms with Crippen molar-refractivity contribution in [3.8, 4) is 0 Å². The number of hydrogen-bond donors (Lipinski definition) is 5. The Morgan fingerprint density at radius 1 is 1.21 bits per heavy atom. The average Bonchev–Trinajstić information content (AvgIpc) is 3.37. The zero-order chi connectivity index (χ0) is 21.9. The number of hydrogen-bond acceptors (Lipinski definition) is 9. The molecule has 0 aromatic heterocycles. The van der Waals surface area contributed by atoms with Crippen LogP contribution in [-0.2, 0) is 19.2 Å². The summed E-state index contributed by atoms with van der Waals surface area (Å²) in [7, 11) is 0. The summed E-state index contributed by atoms with van der Waals surface area (Å²) < 4.78 is 0. The molecule has 0 spiro atoms. The van der Waals surface area contributed by atoms with Gasteiger partial charge in [0, 0.05) is 6.54 Å². The van der Waals surface area contributed by atoms with E-state index in [0.29, 0.717) is 30.7 Å². The highest BCUT2D eigenvalue weighted by Gasteiger charge is 2.50. The van der Waals surface area contributed by atoms with Gasteiger partial charge in [-0.15, -0.1) is 0 Å². The predicted molar refractivity (Wildman–Crippen MR) is 102 cm³/mol. The van der Waals surface area contributed by atoms with Crippen molar-refractivity contribution in [2.24, 2.45) is 11.5 Å². The van der Waals surface area contributed by atoms with E-state index in [9.17, 15) is 29.4 Å². The van der Waals surface area contributed by atoms with E-state index in [2.05, 4.69) is 5.32 Å². The maximum absolute atomic E-state index is 13.4. The summed E-state index contributed by atoms with van der Waals surface area (Å²) in [6.45, 7) is 3.36. The number of aliphatic hydroxyl groups excluding tert-OH is 2. The zero-order valence-electron chi connectivity index (χ0n) is 16.8. The standard InChI is InChI=1S/C18H31N5O6/c1-10(25)14(19)17(29)22-8-4-6-13(22)16(28)23(18(20,9-24)11(2)26)15(27)12-5-3-7-21-12/h9-14,21,25-26H,3-8,19-20H2,1-2H3/t10-,11-,12-,13-,14+,18-/m1/s1. The normalized spacial score (nSPS) is 27.0. The van der Waals surface area contributed by atoms with Crippen LogP contribution in [-0.4, -0.2) is 93.1 Å².